The van der Waals surface area contributed by atoms with Crippen molar-refractivity contribution in [3.8, 4) is 5.75 Å². The smallest absolute Gasteiger partial charge is 0.253 e. The molecule has 0 radical (unpaired) electrons. The summed E-state index contributed by atoms with van der Waals surface area (Å²) in [5, 5.41) is 4.08. The monoisotopic (exact) mass is 541 g/mol. The standard InChI is InChI=1S/C27H29Cl2N5O3/c28-22-2-1-3-23(29)21(22)17-36-24-12-19(14-32-25(24)30)26(35)33-20-13-27(37-16-20)6-10-34(11-7-27)15-18-4-8-31-9-5-18/h1-5,8-9,12,14,20H,6-7,10-11,13,15-17H2,(H2,30,32)(H,33,35). The Hall–Kier alpha value is -2.91. The second-order valence-electron chi connectivity index (χ2n) is 9.60. The molecule has 10 heteroatoms. The number of piperidine rings is 1. The van der Waals surface area contributed by atoms with E-state index in [1.165, 1.54) is 11.8 Å². The molecule has 2 aliphatic heterocycles. The number of likely N-dealkylation sites (tertiary alicyclic amines) is 1. The van der Waals surface area contributed by atoms with Gasteiger partial charge in [-0.1, -0.05) is 29.3 Å². The fraction of sp³-hybridized carbons (Fsp3) is 0.370. The summed E-state index contributed by atoms with van der Waals surface area (Å²) in [6.45, 7) is 3.43. The maximum Gasteiger partial charge on any atom is 0.253 e. The number of hydrogen-bond donors (Lipinski definition) is 2. The Morgan fingerprint density at radius 3 is 2.65 bits per heavy atom. The second-order valence-corrected chi connectivity index (χ2v) is 10.4. The van der Waals surface area contributed by atoms with Crippen LogP contribution in [0, 0.1) is 0 Å². The molecule has 0 saturated carbocycles. The molecule has 5 rings (SSSR count). The molecule has 37 heavy (non-hydrogen) atoms. The molecule has 0 bridgehead atoms. The van der Waals surface area contributed by atoms with Crippen LogP contribution in [0.15, 0.2) is 55.0 Å². The van der Waals surface area contributed by atoms with Crippen molar-refractivity contribution in [3.63, 3.8) is 0 Å². The van der Waals surface area contributed by atoms with Gasteiger partial charge in [-0.25, -0.2) is 4.98 Å². The average Bonchev–Trinajstić information content (AvgIpc) is 3.28. The predicted octanol–water partition coefficient (Wildman–Crippen LogP) is 4.50. The number of nitrogens with two attached hydrogens (primary N) is 1. The Morgan fingerprint density at radius 1 is 1.19 bits per heavy atom. The minimum absolute atomic E-state index is 0.0666. The van der Waals surface area contributed by atoms with Crippen molar-refractivity contribution in [3.05, 3.63) is 81.7 Å². The van der Waals surface area contributed by atoms with E-state index in [4.69, 9.17) is 38.4 Å². The third kappa shape index (κ3) is 6.15. The number of rotatable bonds is 7. The van der Waals surface area contributed by atoms with E-state index >= 15 is 0 Å². The number of nitrogens with zero attached hydrogens (tertiary/aromatic N) is 3. The number of aromatic nitrogens is 2. The number of nitrogens with one attached hydrogen (secondary N) is 1. The van der Waals surface area contributed by atoms with Gasteiger partial charge in [0.2, 0.25) is 0 Å². The van der Waals surface area contributed by atoms with Crippen molar-refractivity contribution in [2.75, 3.05) is 25.4 Å². The first-order chi connectivity index (χ1) is 17.9. The number of carbonyl (C=O) groups is 1. The molecule has 2 fully saturated rings. The van der Waals surface area contributed by atoms with E-state index in [9.17, 15) is 4.79 Å². The van der Waals surface area contributed by atoms with Crippen LogP contribution in [0.5, 0.6) is 5.75 Å². The number of benzene rings is 1. The minimum Gasteiger partial charge on any atom is -0.485 e. The van der Waals surface area contributed by atoms with Crippen molar-refractivity contribution >= 4 is 34.9 Å². The molecule has 1 atom stereocenters. The zero-order chi connectivity index (χ0) is 25.8. The maximum atomic E-state index is 13.0. The van der Waals surface area contributed by atoms with Crippen LogP contribution in [0.2, 0.25) is 10.0 Å². The molecule has 2 aromatic heterocycles. The number of ether oxygens (including phenoxy) is 2. The summed E-state index contributed by atoms with van der Waals surface area (Å²) < 4.78 is 12.1. The van der Waals surface area contributed by atoms with Crippen LogP contribution >= 0.6 is 23.2 Å². The Bertz CT molecular complexity index is 1230. The highest BCUT2D eigenvalue weighted by atomic mass is 35.5. The fourth-order valence-electron chi connectivity index (χ4n) is 4.93. The molecule has 194 valence electrons. The Labute approximate surface area is 226 Å². The lowest BCUT2D eigenvalue weighted by molar-refractivity contribution is -0.0449. The van der Waals surface area contributed by atoms with Gasteiger partial charge in [0.1, 0.15) is 6.61 Å². The maximum absolute atomic E-state index is 13.0. The summed E-state index contributed by atoms with van der Waals surface area (Å²) in [5.41, 5.74) is 8.07. The summed E-state index contributed by atoms with van der Waals surface area (Å²) >= 11 is 12.5. The first-order valence-electron chi connectivity index (χ1n) is 12.3. The van der Waals surface area contributed by atoms with E-state index in [-0.39, 0.29) is 30.0 Å². The predicted molar refractivity (Wildman–Crippen MR) is 143 cm³/mol. The molecule has 1 amide bonds. The Morgan fingerprint density at radius 2 is 1.92 bits per heavy atom. The van der Waals surface area contributed by atoms with Crippen LogP contribution in [0.1, 0.15) is 40.7 Å². The van der Waals surface area contributed by atoms with E-state index in [0.717, 1.165) is 38.9 Å². The quantitative estimate of drug-likeness (QED) is 0.453. The third-order valence-corrected chi connectivity index (χ3v) is 7.75. The molecule has 1 unspecified atom stereocenters. The van der Waals surface area contributed by atoms with Gasteiger partial charge in [-0.3, -0.25) is 14.7 Å². The number of amides is 1. The van der Waals surface area contributed by atoms with Crippen LogP contribution in [0.4, 0.5) is 5.82 Å². The van der Waals surface area contributed by atoms with Gasteiger partial charge in [0.25, 0.3) is 5.91 Å². The molecule has 2 saturated heterocycles. The third-order valence-electron chi connectivity index (χ3n) is 7.04. The Kier molecular flexibility index (Phi) is 7.81. The van der Waals surface area contributed by atoms with Gasteiger partial charge in [0.05, 0.1) is 23.8 Å². The lowest BCUT2D eigenvalue weighted by atomic mass is 9.87. The summed E-state index contributed by atoms with van der Waals surface area (Å²) in [6, 6.07) is 10.9. The first kappa shape index (κ1) is 25.7. The second kappa shape index (κ2) is 11.2. The first-order valence-corrected chi connectivity index (χ1v) is 13.0. The van der Waals surface area contributed by atoms with Gasteiger partial charge in [-0.15, -0.1) is 0 Å². The topological polar surface area (TPSA) is 103 Å². The zero-order valence-corrected chi connectivity index (χ0v) is 21.8. The fourth-order valence-corrected chi connectivity index (χ4v) is 5.44. The Balaban J connectivity index is 1.15. The zero-order valence-electron chi connectivity index (χ0n) is 20.3. The van der Waals surface area contributed by atoms with Gasteiger partial charge >= 0.3 is 0 Å². The average molecular weight is 542 g/mol. The van der Waals surface area contributed by atoms with Gasteiger partial charge in [0.15, 0.2) is 11.6 Å². The van der Waals surface area contributed by atoms with Crippen LogP contribution in [0.3, 0.4) is 0 Å². The van der Waals surface area contributed by atoms with Crippen molar-refractivity contribution in [2.24, 2.45) is 0 Å². The molecule has 0 aliphatic carbocycles. The summed E-state index contributed by atoms with van der Waals surface area (Å²) in [4.78, 5) is 23.7. The van der Waals surface area contributed by atoms with E-state index in [1.807, 2.05) is 12.4 Å². The molecular weight excluding hydrogens is 513 g/mol. The molecule has 2 aliphatic rings. The molecule has 3 aromatic rings. The summed E-state index contributed by atoms with van der Waals surface area (Å²) in [6.07, 6.45) is 7.78. The highest BCUT2D eigenvalue weighted by Crippen LogP contribution is 2.36. The summed E-state index contributed by atoms with van der Waals surface area (Å²) in [5.74, 6) is 0.236. The van der Waals surface area contributed by atoms with E-state index in [0.29, 0.717) is 33.5 Å². The molecule has 4 heterocycles. The van der Waals surface area contributed by atoms with E-state index < -0.39 is 0 Å². The van der Waals surface area contributed by atoms with Crippen molar-refractivity contribution in [1.82, 2.24) is 20.2 Å². The van der Waals surface area contributed by atoms with Crippen molar-refractivity contribution in [2.45, 2.75) is 44.1 Å². The van der Waals surface area contributed by atoms with Gasteiger partial charge in [-0.05, 0) is 55.2 Å². The highest BCUT2D eigenvalue weighted by molar-refractivity contribution is 6.35. The normalized spacial score (nSPS) is 19.1. The van der Waals surface area contributed by atoms with Crippen molar-refractivity contribution in [1.29, 1.82) is 0 Å². The molecule has 1 aromatic carbocycles. The molecular formula is C27H29Cl2N5O3. The largest absolute Gasteiger partial charge is 0.485 e. The minimum atomic E-state index is -0.242. The van der Waals surface area contributed by atoms with Gasteiger partial charge in [-0.2, -0.15) is 0 Å². The van der Waals surface area contributed by atoms with E-state index in [2.05, 4.69) is 32.3 Å². The highest BCUT2D eigenvalue weighted by Gasteiger charge is 2.43. The van der Waals surface area contributed by atoms with Crippen LogP contribution in [-0.4, -0.2) is 52.1 Å². The van der Waals surface area contributed by atoms with E-state index in [1.54, 1.807) is 24.3 Å². The lowest BCUT2D eigenvalue weighted by Gasteiger charge is -2.38. The SMILES string of the molecule is Nc1ncc(C(=O)NC2COC3(CCN(Cc4ccncc4)CC3)C2)cc1OCc1c(Cl)cccc1Cl. The van der Waals surface area contributed by atoms with Crippen LogP contribution in [0.25, 0.3) is 0 Å². The number of anilines is 1. The number of nitrogen functional groups attached to an aromatic ring is 1. The molecule has 1 spiro atoms. The lowest BCUT2D eigenvalue weighted by Crippen LogP contribution is -2.44. The number of halogens is 2. The van der Waals surface area contributed by atoms with Gasteiger partial charge in [0, 0.05) is 53.8 Å². The van der Waals surface area contributed by atoms with Crippen LogP contribution in [-0.2, 0) is 17.9 Å². The molecule has 8 nitrogen and oxygen atoms in total. The van der Waals surface area contributed by atoms with Crippen LogP contribution < -0.4 is 15.8 Å². The summed E-state index contributed by atoms with van der Waals surface area (Å²) in [7, 11) is 0. The van der Waals surface area contributed by atoms with Gasteiger partial charge < -0.3 is 20.5 Å². The number of carbonyl (C=O) groups excluding carboxylic acids is 1. The number of hydrogen-bond acceptors (Lipinski definition) is 7. The number of pyridine rings is 2. The van der Waals surface area contributed by atoms with Crippen molar-refractivity contribution < 1.29 is 14.3 Å². The molecule has 3 N–H and O–H groups in total.